The fourth-order valence-electron chi connectivity index (χ4n) is 2.73. The van der Waals surface area contributed by atoms with Crippen LogP contribution in [0.4, 0.5) is 0 Å². The lowest BCUT2D eigenvalue weighted by Crippen LogP contribution is -2.27. The number of benzene rings is 1. The number of aliphatic carboxylic acids is 1. The normalized spacial score (nSPS) is 10.8. The molecule has 2 heterocycles. The first-order chi connectivity index (χ1) is 14.0. The van der Waals surface area contributed by atoms with Gasteiger partial charge in [-0.05, 0) is 36.2 Å². The third-order valence-electron chi connectivity index (χ3n) is 4.26. The summed E-state index contributed by atoms with van der Waals surface area (Å²) in [5.74, 6) is -0.370. The second-order valence-electron chi connectivity index (χ2n) is 6.45. The van der Waals surface area contributed by atoms with Crippen molar-refractivity contribution in [1.82, 2.24) is 19.5 Å². The molecule has 2 aromatic heterocycles. The summed E-state index contributed by atoms with van der Waals surface area (Å²) >= 11 is 0. The van der Waals surface area contributed by atoms with Gasteiger partial charge in [-0.25, -0.2) is 9.48 Å². The molecular formula is C20H22N4O5. The molecule has 0 fully saturated rings. The molecule has 0 atom stereocenters. The summed E-state index contributed by atoms with van der Waals surface area (Å²) < 4.78 is 8.19. The highest BCUT2D eigenvalue weighted by molar-refractivity contribution is 5.75. The first kappa shape index (κ1) is 20.1. The fourth-order valence-corrected chi connectivity index (χ4v) is 2.73. The van der Waals surface area contributed by atoms with Crippen molar-refractivity contribution in [3.8, 4) is 5.75 Å². The number of carbonyl (C=O) groups is 2. The average Bonchev–Trinajstić information content (AvgIpc) is 3.05. The number of nitrogens with one attached hydrogen (secondary N) is 1. The van der Waals surface area contributed by atoms with E-state index in [1.807, 2.05) is 12.1 Å². The zero-order valence-electron chi connectivity index (χ0n) is 15.8. The van der Waals surface area contributed by atoms with Crippen molar-refractivity contribution >= 4 is 17.5 Å². The highest BCUT2D eigenvalue weighted by atomic mass is 16.5. The maximum Gasteiger partial charge on any atom is 0.350 e. The molecule has 0 radical (unpaired) electrons. The van der Waals surface area contributed by atoms with Gasteiger partial charge in [0.15, 0.2) is 5.65 Å². The molecule has 2 N–H and O–H groups in total. The molecule has 0 saturated heterocycles. The van der Waals surface area contributed by atoms with Crippen LogP contribution in [0.1, 0.15) is 24.8 Å². The number of ether oxygens (including phenoxy) is 1. The maximum atomic E-state index is 12.2. The number of pyridine rings is 1. The largest absolute Gasteiger partial charge is 0.494 e. The highest BCUT2D eigenvalue weighted by Gasteiger charge is 2.08. The van der Waals surface area contributed by atoms with Crippen molar-refractivity contribution in [3.05, 3.63) is 64.7 Å². The first-order valence-corrected chi connectivity index (χ1v) is 9.27. The highest BCUT2D eigenvalue weighted by Crippen LogP contribution is 2.12. The van der Waals surface area contributed by atoms with Crippen LogP contribution in [-0.4, -0.2) is 37.8 Å². The lowest BCUT2D eigenvalue weighted by atomic mass is 10.2. The van der Waals surface area contributed by atoms with E-state index < -0.39 is 5.97 Å². The third-order valence-corrected chi connectivity index (χ3v) is 4.26. The van der Waals surface area contributed by atoms with E-state index in [1.54, 1.807) is 36.5 Å². The van der Waals surface area contributed by atoms with Crippen LogP contribution in [0, 0.1) is 0 Å². The Labute approximate surface area is 166 Å². The first-order valence-electron chi connectivity index (χ1n) is 9.27. The Hall–Kier alpha value is -3.62. The van der Waals surface area contributed by atoms with E-state index in [1.165, 1.54) is 9.08 Å². The van der Waals surface area contributed by atoms with Gasteiger partial charge in [-0.15, -0.1) is 5.10 Å². The van der Waals surface area contributed by atoms with Crippen LogP contribution in [-0.2, 0) is 22.7 Å². The molecule has 0 aliphatic heterocycles. The summed E-state index contributed by atoms with van der Waals surface area (Å²) in [6, 6.07) is 12.5. The Morgan fingerprint density at radius 2 is 1.90 bits per heavy atom. The Morgan fingerprint density at radius 3 is 2.62 bits per heavy atom. The molecule has 3 aromatic rings. The Kier molecular flexibility index (Phi) is 6.62. The number of fused-ring (bicyclic) bond motifs is 1. The van der Waals surface area contributed by atoms with Crippen molar-refractivity contribution in [3.63, 3.8) is 0 Å². The molecular weight excluding hydrogens is 376 g/mol. The van der Waals surface area contributed by atoms with Gasteiger partial charge in [0, 0.05) is 25.6 Å². The van der Waals surface area contributed by atoms with E-state index >= 15 is 0 Å². The van der Waals surface area contributed by atoms with Gasteiger partial charge in [-0.1, -0.05) is 18.2 Å². The van der Waals surface area contributed by atoms with Crippen LogP contribution in [0.3, 0.4) is 0 Å². The van der Waals surface area contributed by atoms with E-state index in [2.05, 4.69) is 10.4 Å². The van der Waals surface area contributed by atoms with E-state index in [4.69, 9.17) is 9.84 Å². The van der Waals surface area contributed by atoms with Gasteiger partial charge >= 0.3 is 11.7 Å². The van der Waals surface area contributed by atoms with Crippen LogP contribution >= 0.6 is 0 Å². The van der Waals surface area contributed by atoms with Crippen molar-refractivity contribution in [2.75, 3.05) is 6.61 Å². The van der Waals surface area contributed by atoms with Gasteiger partial charge < -0.3 is 15.2 Å². The van der Waals surface area contributed by atoms with Crippen LogP contribution in [0.2, 0.25) is 0 Å². The van der Waals surface area contributed by atoms with Crippen molar-refractivity contribution < 1.29 is 19.4 Å². The second kappa shape index (κ2) is 9.54. The number of nitrogens with zero attached hydrogens (tertiary/aromatic N) is 3. The molecule has 0 bridgehead atoms. The average molecular weight is 398 g/mol. The predicted molar refractivity (Wildman–Crippen MR) is 105 cm³/mol. The number of carboxylic acids is 1. The van der Waals surface area contributed by atoms with Crippen molar-refractivity contribution in [2.24, 2.45) is 0 Å². The topological polar surface area (TPSA) is 115 Å². The molecule has 29 heavy (non-hydrogen) atoms. The maximum absolute atomic E-state index is 12.2. The van der Waals surface area contributed by atoms with Gasteiger partial charge in [-0.2, -0.15) is 0 Å². The van der Waals surface area contributed by atoms with Gasteiger partial charge in [0.05, 0.1) is 13.2 Å². The van der Waals surface area contributed by atoms with E-state index in [0.29, 0.717) is 31.0 Å². The second-order valence-corrected chi connectivity index (χ2v) is 6.45. The molecule has 0 saturated carbocycles. The summed E-state index contributed by atoms with van der Waals surface area (Å²) in [7, 11) is 0. The molecule has 0 unspecified atom stereocenters. The molecule has 0 aliphatic carbocycles. The van der Waals surface area contributed by atoms with E-state index in [0.717, 1.165) is 5.56 Å². The molecule has 3 rings (SSSR count). The Bertz CT molecular complexity index is 1040. The molecule has 0 spiro atoms. The standard InChI is InChI=1S/C20H22N4O5/c25-18(10-12-24-20(28)23-11-2-1-4-17(23)22-24)21-14-15-6-8-16(9-7-15)29-13-3-5-19(26)27/h1-2,4,6-9,11H,3,5,10,12-14H2,(H,21,25)(H,26,27). The summed E-state index contributed by atoms with van der Waals surface area (Å²) in [6.07, 6.45) is 2.31. The molecule has 152 valence electrons. The van der Waals surface area contributed by atoms with Crippen LogP contribution in [0.5, 0.6) is 5.75 Å². The number of hydrogen-bond acceptors (Lipinski definition) is 5. The lowest BCUT2D eigenvalue weighted by Gasteiger charge is -2.08. The molecule has 1 aromatic carbocycles. The van der Waals surface area contributed by atoms with E-state index in [-0.39, 0.29) is 31.0 Å². The van der Waals surface area contributed by atoms with Crippen molar-refractivity contribution in [2.45, 2.75) is 32.4 Å². The van der Waals surface area contributed by atoms with Crippen LogP contribution < -0.4 is 15.7 Å². The third kappa shape index (κ3) is 5.68. The predicted octanol–water partition coefficient (Wildman–Crippen LogP) is 1.45. The zero-order valence-corrected chi connectivity index (χ0v) is 15.8. The molecule has 1 amide bonds. The molecule has 9 heteroatoms. The number of carboxylic acid groups (broad SMARTS) is 1. The number of carbonyl (C=O) groups excluding carboxylic acids is 1. The summed E-state index contributed by atoms with van der Waals surface area (Å²) in [5.41, 5.74) is 1.18. The lowest BCUT2D eigenvalue weighted by molar-refractivity contribution is -0.137. The van der Waals surface area contributed by atoms with Crippen LogP contribution in [0.25, 0.3) is 5.65 Å². The van der Waals surface area contributed by atoms with Crippen LogP contribution in [0.15, 0.2) is 53.5 Å². The van der Waals surface area contributed by atoms with Gasteiger partial charge in [0.1, 0.15) is 5.75 Å². The monoisotopic (exact) mass is 398 g/mol. The van der Waals surface area contributed by atoms with Gasteiger partial charge in [-0.3, -0.25) is 14.0 Å². The smallest absolute Gasteiger partial charge is 0.350 e. The van der Waals surface area contributed by atoms with Gasteiger partial charge in [0.2, 0.25) is 5.91 Å². The minimum absolute atomic E-state index is 0.0746. The SMILES string of the molecule is O=C(O)CCCOc1ccc(CNC(=O)CCn2nc3ccccn3c2=O)cc1. The number of amides is 1. The van der Waals surface area contributed by atoms with Crippen molar-refractivity contribution in [1.29, 1.82) is 0 Å². The minimum atomic E-state index is -0.842. The van der Waals surface area contributed by atoms with E-state index in [9.17, 15) is 14.4 Å². The quantitative estimate of drug-likeness (QED) is 0.500. The van der Waals surface area contributed by atoms with Gasteiger partial charge in [0.25, 0.3) is 0 Å². The molecule has 9 nitrogen and oxygen atoms in total. The zero-order chi connectivity index (χ0) is 20.6. The summed E-state index contributed by atoms with van der Waals surface area (Å²) in [4.78, 5) is 34.7. The number of aryl methyl sites for hydroxylation is 1. The number of rotatable bonds is 10. The molecule has 0 aliphatic rings. The Balaban J connectivity index is 1.42. The number of aromatic nitrogens is 3. The number of hydrogen-bond donors (Lipinski definition) is 2. The summed E-state index contributed by atoms with van der Waals surface area (Å²) in [5, 5.41) is 15.6. The minimum Gasteiger partial charge on any atom is -0.494 e. The summed E-state index contributed by atoms with van der Waals surface area (Å²) in [6.45, 7) is 0.901. The Morgan fingerprint density at radius 1 is 1.10 bits per heavy atom. The fraction of sp³-hybridized carbons (Fsp3) is 0.300.